The summed E-state index contributed by atoms with van der Waals surface area (Å²) in [5.74, 6) is 1.97. The highest BCUT2D eigenvalue weighted by molar-refractivity contribution is 7.26. The third-order valence-electron chi connectivity index (χ3n) is 10.7. The van der Waals surface area contributed by atoms with E-state index < -0.39 is 0 Å². The van der Waals surface area contributed by atoms with Gasteiger partial charge in [0.15, 0.2) is 17.5 Å². The second-order valence-corrected chi connectivity index (χ2v) is 15.1. The number of thiophene rings is 1. The normalized spacial score (nSPS) is 11.6. The lowest BCUT2D eigenvalue weighted by molar-refractivity contribution is 1.07. The third kappa shape index (κ3) is 5.40. The number of hydrogen-bond acceptors (Lipinski definition) is 4. The maximum Gasteiger partial charge on any atom is 0.164 e. The molecule has 0 unspecified atom stereocenters. The molecule has 0 saturated carbocycles. The van der Waals surface area contributed by atoms with Crippen LogP contribution in [0, 0.1) is 0 Å². The van der Waals surface area contributed by atoms with Crippen LogP contribution in [0.4, 0.5) is 0 Å². The third-order valence-corrected chi connectivity index (χ3v) is 11.8. The Hall–Kier alpha value is -7.21. The molecule has 0 aliphatic rings. The predicted octanol–water partition coefficient (Wildman–Crippen LogP) is 13.7. The zero-order valence-corrected chi connectivity index (χ0v) is 31.0. The van der Waals surface area contributed by atoms with Crippen LogP contribution in [-0.4, -0.2) is 19.5 Å². The van der Waals surface area contributed by atoms with Crippen molar-refractivity contribution in [2.75, 3.05) is 0 Å². The molecule has 3 heterocycles. The van der Waals surface area contributed by atoms with E-state index in [0.29, 0.717) is 17.5 Å². The molecule has 4 nitrogen and oxygen atoms in total. The van der Waals surface area contributed by atoms with Crippen LogP contribution in [-0.2, 0) is 0 Å². The molecule has 0 atom stereocenters. The number of aromatic nitrogens is 4. The molecule has 0 bridgehead atoms. The second kappa shape index (κ2) is 13.3. The Morgan fingerprint density at radius 2 is 0.875 bits per heavy atom. The summed E-state index contributed by atoms with van der Waals surface area (Å²) in [6.45, 7) is 0. The first-order valence-corrected chi connectivity index (χ1v) is 19.6. The van der Waals surface area contributed by atoms with Crippen LogP contribution in [0.2, 0.25) is 0 Å². The summed E-state index contributed by atoms with van der Waals surface area (Å²) < 4.78 is 4.88. The monoisotopic (exact) mass is 732 g/mol. The summed E-state index contributed by atoms with van der Waals surface area (Å²) in [4.78, 5) is 15.0. The molecule has 0 saturated heterocycles. The summed E-state index contributed by atoms with van der Waals surface area (Å²) in [6, 6.07) is 68.8. The van der Waals surface area contributed by atoms with Crippen molar-refractivity contribution in [3.05, 3.63) is 194 Å². The van der Waals surface area contributed by atoms with Crippen LogP contribution < -0.4 is 0 Å². The van der Waals surface area contributed by atoms with Crippen molar-refractivity contribution in [3.63, 3.8) is 0 Å². The van der Waals surface area contributed by atoms with Gasteiger partial charge in [0.05, 0.1) is 16.7 Å². The molecule has 0 aliphatic heterocycles. The van der Waals surface area contributed by atoms with Gasteiger partial charge in [-0.05, 0) is 47.0 Å². The summed E-state index contributed by atoms with van der Waals surface area (Å²) in [7, 11) is 0. The fourth-order valence-corrected chi connectivity index (χ4v) is 9.24. The average Bonchev–Trinajstić information content (AvgIpc) is 3.82. The van der Waals surface area contributed by atoms with Crippen LogP contribution in [0.1, 0.15) is 0 Å². The SMILES string of the molecule is c1ccc(-c2ccc(-c3cccc4sc5cc(-c6nc(-c7ccccc7)nc(-c7ccccc7)n6)ccc5c34)c(-n3c4ccccc4c4ccccc43)c2)cc1. The Labute approximate surface area is 327 Å². The number of nitrogens with zero attached hydrogens (tertiary/aromatic N) is 4. The highest BCUT2D eigenvalue weighted by Crippen LogP contribution is 2.45. The van der Waals surface area contributed by atoms with E-state index in [9.17, 15) is 0 Å². The predicted molar refractivity (Wildman–Crippen MR) is 234 cm³/mol. The van der Waals surface area contributed by atoms with Gasteiger partial charge in [0.25, 0.3) is 0 Å². The molecule has 0 radical (unpaired) electrons. The zero-order chi connectivity index (χ0) is 37.0. The van der Waals surface area contributed by atoms with Crippen LogP contribution >= 0.6 is 11.3 Å². The number of para-hydroxylation sites is 2. The molecule has 56 heavy (non-hydrogen) atoms. The molecule has 8 aromatic carbocycles. The van der Waals surface area contributed by atoms with Crippen molar-refractivity contribution >= 4 is 53.3 Å². The van der Waals surface area contributed by atoms with Crippen molar-refractivity contribution < 1.29 is 0 Å². The highest BCUT2D eigenvalue weighted by Gasteiger charge is 2.20. The molecule has 11 aromatic rings. The molecule has 5 heteroatoms. The minimum Gasteiger partial charge on any atom is -0.309 e. The second-order valence-electron chi connectivity index (χ2n) is 14.0. The Morgan fingerprint density at radius 1 is 0.339 bits per heavy atom. The molecular formula is C51H32N4S. The van der Waals surface area contributed by atoms with Crippen molar-refractivity contribution in [3.8, 4) is 62.1 Å². The number of fused-ring (bicyclic) bond motifs is 6. The average molecular weight is 733 g/mol. The molecule has 0 fully saturated rings. The maximum atomic E-state index is 5.03. The van der Waals surface area contributed by atoms with Gasteiger partial charge in [0.2, 0.25) is 0 Å². The first-order chi connectivity index (χ1) is 27.8. The van der Waals surface area contributed by atoms with E-state index in [1.807, 2.05) is 72.0 Å². The lowest BCUT2D eigenvalue weighted by atomic mass is 9.94. The smallest absolute Gasteiger partial charge is 0.164 e. The Balaban J connectivity index is 1.12. The molecule has 0 amide bonds. The van der Waals surface area contributed by atoms with E-state index in [1.54, 1.807) is 0 Å². The summed E-state index contributed by atoms with van der Waals surface area (Å²) in [5, 5.41) is 4.95. The first-order valence-electron chi connectivity index (χ1n) is 18.8. The quantitative estimate of drug-likeness (QED) is 0.171. The van der Waals surface area contributed by atoms with Crippen molar-refractivity contribution in [1.29, 1.82) is 0 Å². The van der Waals surface area contributed by atoms with Gasteiger partial charge >= 0.3 is 0 Å². The van der Waals surface area contributed by atoms with Gasteiger partial charge in [-0.2, -0.15) is 0 Å². The molecular weight excluding hydrogens is 701 g/mol. The van der Waals surface area contributed by atoms with Crippen LogP contribution in [0.25, 0.3) is 104 Å². The molecule has 0 aliphatic carbocycles. The van der Waals surface area contributed by atoms with E-state index in [0.717, 1.165) is 22.4 Å². The van der Waals surface area contributed by atoms with E-state index in [-0.39, 0.29) is 0 Å². The molecule has 262 valence electrons. The lowest BCUT2D eigenvalue weighted by Gasteiger charge is -2.17. The molecule has 11 rings (SSSR count). The topological polar surface area (TPSA) is 43.6 Å². The lowest BCUT2D eigenvalue weighted by Crippen LogP contribution is -2.00. The van der Waals surface area contributed by atoms with Gasteiger partial charge in [0.1, 0.15) is 0 Å². The standard InChI is InChI=1S/C51H32N4S/c1-4-15-33(16-5-1)36-27-29-40(45(31-36)55-43-24-12-10-21-38(43)39-22-11-13-25-44(39)55)41-23-14-26-46-48(41)42-30-28-37(32-47(42)56-46)51-53-49(34-17-6-2-7-18-34)52-50(54-51)35-19-8-3-9-20-35/h1-32H. The van der Waals surface area contributed by atoms with E-state index in [2.05, 4.69) is 138 Å². The van der Waals surface area contributed by atoms with Crippen molar-refractivity contribution in [2.24, 2.45) is 0 Å². The van der Waals surface area contributed by atoms with Gasteiger partial charge in [0, 0.05) is 53.2 Å². The Morgan fingerprint density at radius 3 is 1.50 bits per heavy atom. The fourth-order valence-electron chi connectivity index (χ4n) is 8.06. The van der Waals surface area contributed by atoms with Crippen molar-refractivity contribution in [1.82, 2.24) is 19.5 Å². The Kier molecular flexibility index (Phi) is 7.64. The van der Waals surface area contributed by atoms with Gasteiger partial charge < -0.3 is 4.57 Å². The van der Waals surface area contributed by atoms with E-state index >= 15 is 0 Å². The van der Waals surface area contributed by atoms with E-state index in [4.69, 9.17) is 15.0 Å². The number of rotatable bonds is 6. The van der Waals surface area contributed by atoms with E-state index in [1.165, 1.54) is 64.2 Å². The Bertz CT molecular complexity index is 3130. The van der Waals surface area contributed by atoms with Crippen LogP contribution in [0.15, 0.2) is 194 Å². The largest absolute Gasteiger partial charge is 0.309 e. The first kappa shape index (κ1) is 32.2. The molecule has 0 N–H and O–H groups in total. The molecule has 3 aromatic heterocycles. The van der Waals surface area contributed by atoms with Crippen LogP contribution in [0.3, 0.4) is 0 Å². The molecule has 0 spiro atoms. The zero-order valence-electron chi connectivity index (χ0n) is 30.2. The summed E-state index contributed by atoms with van der Waals surface area (Å²) in [6.07, 6.45) is 0. The fraction of sp³-hybridized carbons (Fsp3) is 0. The van der Waals surface area contributed by atoms with Gasteiger partial charge in [-0.25, -0.2) is 15.0 Å². The van der Waals surface area contributed by atoms with Gasteiger partial charge in [-0.15, -0.1) is 11.3 Å². The van der Waals surface area contributed by atoms with Crippen LogP contribution in [0.5, 0.6) is 0 Å². The highest BCUT2D eigenvalue weighted by atomic mass is 32.1. The minimum atomic E-state index is 0.655. The number of hydrogen-bond donors (Lipinski definition) is 0. The van der Waals surface area contributed by atoms with Crippen molar-refractivity contribution in [2.45, 2.75) is 0 Å². The van der Waals surface area contributed by atoms with Gasteiger partial charge in [-0.1, -0.05) is 164 Å². The maximum absolute atomic E-state index is 5.03. The summed E-state index contributed by atoms with van der Waals surface area (Å²) in [5.41, 5.74) is 11.2. The summed E-state index contributed by atoms with van der Waals surface area (Å²) >= 11 is 1.81. The van der Waals surface area contributed by atoms with Gasteiger partial charge in [-0.3, -0.25) is 0 Å². The number of benzene rings is 8. The minimum absolute atomic E-state index is 0.655.